The maximum atomic E-state index is 12.7. The normalized spacial score (nSPS) is 12.7. The number of hydrogen-bond donors (Lipinski definition) is 1. The van der Waals surface area contributed by atoms with E-state index in [0.29, 0.717) is 17.7 Å². The zero-order valence-corrected chi connectivity index (χ0v) is 12.4. The molecule has 2 aromatic carbocycles. The molecule has 0 aromatic heterocycles. The number of benzene rings is 2. The van der Waals surface area contributed by atoms with Gasteiger partial charge in [0, 0.05) is 17.3 Å². The van der Waals surface area contributed by atoms with Crippen LogP contribution in [-0.4, -0.2) is 12.0 Å². The van der Waals surface area contributed by atoms with Gasteiger partial charge in [-0.2, -0.15) is 13.2 Å². The highest BCUT2D eigenvalue weighted by Gasteiger charge is 2.30. The first-order valence-electron chi connectivity index (χ1n) is 7.00. The third-order valence-corrected chi connectivity index (χ3v) is 3.35. The van der Waals surface area contributed by atoms with Gasteiger partial charge in [-0.15, -0.1) is 0 Å². The van der Waals surface area contributed by atoms with E-state index < -0.39 is 17.7 Å². The Morgan fingerprint density at radius 3 is 2.52 bits per heavy atom. The molecule has 122 valence electrons. The highest BCUT2D eigenvalue weighted by Crippen LogP contribution is 2.29. The Balaban J connectivity index is 2.12. The van der Waals surface area contributed by atoms with Crippen molar-refractivity contribution in [1.29, 1.82) is 0 Å². The molecule has 0 bridgehead atoms. The van der Waals surface area contributed by atoms with Crippen molar-refractivity contribution in [2.45, 2.75) is 25.6 Å². The summed E-state index contributed by atoms with van der Waals surface area (Å²) >= 11 is 0. The van der Waals surface area contributed by atoms with Crippen molar-refractivity contribution >= 4 is 11.7 Å². The van der Waals surface area contributed by atoms with Gasteiger partial charge in [0.2, 0.25) is 0 Å². The Morgan fingerprint density at radius 2 is 1.87 bits per heavy atom. The SMILES string of the molecule is CC(Cc1cccc(C(F)(F)F)c1)Nc1ccccc1C(=O)[O-]. The van der Waals surface area contributed by atoms with Crippen LogP contribution in [0.25, 0.3) is 0 Å². The predicted octanol–water partition coefficient (Wildman–Crippen LogP) is 3.11. The summed E-state index contributed by atoms with van der Waals surface area (Å²) in [6.07, 6.45) is -4.06. The van der Waals surface area contributed by atoms with E-state index in [2.05, 4.69) is 5.32 Å². The molecule has 23 heavy (non-hydrogen) atoms. The Labute approximate surface area is 131 Å². The molecule has 0 aliphatic rings. The van der Waals surface area contributed by atoms with Gasteiger partial charge >= 0.3 is 6.18 Å². The van der Waals surface area contributed by atoms with E-state index >= 15 is 0 Å². The Kier molecular flexibility index (Phi) is 4.93. The lowest BCUT2D eigenvalue weighted by atomic mass is 10.0. The number of para-hydroxylation sites is 1. The average Bonchev–Trinajstić information content (AvgIpc) is 2.46. The third-order valence-electron chi connectivity index (χ3n) is 3.35. The number of carbonyl (C=O) groups is 1. The fraction of sp³-hybridized carbons (Fsp3) is 0.235. The summed E-state index contributed by atoms with van der Waals surface area (Å²) in [5, 5.41) is 14.0. The van der Waals surface area contributed by atoms with E-state index in [1.165, 1.54) is 12.1 Å². The summed E-state index contributed by atoms with van der Waals surface area (Å²) in [5.74, 6) is -1.31. The second kappa shape index (κ2) is 6.73. The molecular weight excluding hydrogens is 307 g/mol. The standard InChI is InChI=1S/C17H16F3NO2/c1-11(21-15-8-3-2-7-14(15)16(22)23)9-12-5-4-6-13(10-12)17(18,19)20/h2-8,10-11,21H,9H2,1H3,(H,22,23)/p-1. The van der Waals surface area contributed by atoms with Crippen molar-refractivity contribution in [3.8, 4) is 0 Å². The van der Waals surface area contributed by atoms with E-state index in [0.717, 1.165) is 12.1 Å². The molecule has 0 saturated carbocycles. The molecule has 2 aromatic rings. The number of anilines is 1. The minimum atomic E-state index is -4.38. The molecule has 2 rings (SSSR count). The predicted molar refractivity (Wildman–Crippen MR) is 79.0 cm³/mol. The summed E-state index contributed by atoms with van der Waals surface area (Å²) in [5.41, 5.74) is 0.221. The van der Waals surface area contributed by atoms with Crippen molar-refractivity contribution in [3.05, 3.63) is 65.2 Å². The van der Waals surface area contributed by atoms with Gasteiger partial charge < -0.3 is 15.2 Å². The first-order chi connectivity index (χ1) is 10.8. The summed E-state index contributed by atoms with van der Waals surface area (Å²) in [6.45, 7) is 1.77. The van der Waals surface area contributed by atoms with Crippen LogP contribution in [0.3, 0.4) is 0 Å². The quantitative estimate of drug-likeness (QED) is 0.920. The fourth-order valence-corrected chi connectivity index (χ4v) is 2.33. The zero-order chi connectivity index (χ0) is 17.0. The smallest absolute Gasteiger partial charge is 0.416 e. The number of carboxylic acids is 1. The second-order valence-corrected chi connectivity index (χ2v) is 5.28. The zero-order valence-electron chi connectivity index (χ0n) is 12.4. The Hall–Kier alpha value is -2.50. The number of hydrogen-bond acceptors (Lipinski definition) is 3. The lowest BCUT2D eigenvalue weighted by Gasteiger charge is -2.19. The first-order valence-corrected chi connectivity index (χ1v) is 7.00. The van der Waals surface area contributed by atoms with Gasteiger partial charge in [0.05, 0.1) is 11.5 Å². The molecule has 3 nitrogen and oxygen atoms in total. The third kappa shape index (κ3) is 4.48. The van der Waals surface area contributed by atoms with E-state index in [-0.39, 0.29) is 11.6 Å². The summed E-state index contributed by atoms with van der Waals surface area (Å²) in [6, 6.07) is 11.1. The van der Waals surface area contributed by atoms with Crippen LogP contribution >= 0.6 is 0 Å². The monoisotopic (exact) mass is 322 g/mol. The van der Waals surface area contributed by atoms with Gasteiger partial charge in [-0.05, 0) is 31.0 Å². The molecule has 0 heterocycles. The summed E-state index contributed by atoms with van der Waals surface area (Å²) in [4.78, 5) is 11.0. The molecule has 6 heteroatoms. The summed E-state index contributed by atoms with van der Waals surface area (Å²) in [7, 11) is 0. The van der Waals surface area contributed by atoms with Crippen LogP contribution in [0.15, 0.2) is 48.5 Å². The van der Waals surface area contributed by atoms with E-state index in [9.17, 15) is 23.1 Å². The van der Waals surface area contributed by atoms with Crippen molar-refractivity contribution in [2.75, 3.05) is 5.32 Å². The maximum absolute atomic E-state index is 12.7. The van der Waals surface area contributed by atoms with Crippen LogP contribution in [0.5, 0.6) is 0 Å². The molecule has 0 aliphatic heterocycles. The second-order valence-electron chi connectivity index (χ2n) is 5.28. The van der Waals surface area contributed by atoms with E-state index in [1.807, 2.05) is 0 Å². The topological polar surface area (TPSA) is 52.2 Å². The lowest BCUT2D eigenvalue weighted by molar-refractivity contribution is -0.254. The lowest BCUT2D eigenvalue weighted by Crippen LogP contribution is -2.26. The van der Waals surface area contributed by atoms with E-state index in [1.54, 1.807) is 31.2 Å². The molecule has 1 atom stereocenters. The highest BCUT2D eigenvalue weighted by molar-refractivity contribution is 5.92. The number of carboxylic acid groups (broad SMARTS) is 1. The molecule has 0 spiro atoms. The Bertz CT molecular complexity index is 698. The average molecular weight is 322 g/mol. The minimum Gasteiger partial charge on any atom is -0.545 e. The van der Waals surface area contributed by atoms with Crippen molar-refractivity contribution < 1.29 is 23.1 Å². The van der Waals surface area contributed by atoms with Crippen LogP contribution < -0.4 is 10.4 Å². The van der Waals surface area contributed by atoms with Gasteiger partial charge in [-0.25, -0.2) is 0 Å². The van der Waals surface area contributed by atoms with Crippen LogP contribution in [0.1, 0.15) is 28.4 Å². The van der Waals surface area contributed by atoms with Gasteiger partial charge in [0.25, 0.3) is 0 Å². The number of halogens is 3. The number of rotatable bonds is 5. The highest BCUT2D eigenvalue weighted by atomic mass is 19.4. The van der Waals surface area contributed by atoms with Crippen molar-refractivity contribution in [2.24, 2.45) is 0 Å². The molecule has 0 amide bonds. The van der Waals surface area contributed by atoms with Crippen molar-refractivity contribution in [1.82, 2.24) is 0 Å². The van der Waals surface area contributed by atoms with Crippen LogP contribution in [0.4, 0.5) is 18.9 Å². The van der Waals surface area contributed by atoms with Crippen LogP contribution in [0, 0.1) is 0 Å². The molecular formula is C17H15F3NO2-. The van der Waals surface area contributed by atoms with Crippen LogP contribution in [-0.2, 0) is 12.6 Å². The minimum absolute atomic E-state index is 0.0170. The van der Waals surface area contributed by atoms with Crippen LogP contribution in [0.2, 0.25) is 0 Å². The molecule has 1 unspecified atom stereocenters. The fourth-order valence-electron chi connectivity index (χ4n) is 2.33. The van der Waals surface area contributed by atoms with Crippen molar-refractivity contribution in [3.63, 3.8) is 0 Å². The van der Waals surface area contributed by atoms with Gasteiger partial charge in [-0.1, -0.05) is 36.4 Å². The Morgan fingerprint density at radius 1 is 1.17 bits per heavy atom. The largest absolute Gasteiger partial charge is 0.545 e. The molecule has 0 saturated heterocycles. The first kappa shape index (κ1) is 16.9. The molecule has 0 aliphatic carbocycles. The van der Waals surface area contributed by atoms with E-state index in [4.69, 9.17) is 0 Å². The number of carbonyl (C=O) groups excluding carboxylic acids is 1. The van der Waals surface area contributed by atoms with Gasteiger partial charge in [0.1, 0.15) is 0 Å². The molecule has 0 fully saturated rings. The van der Waals surface area contributed by atoms with Gasteiger partial charge in [0.15, 0.2) is 0 Å². The summed E-state index contributed by atoms with van der Waals surface area (Å²) < 4.78 is 38.1. The molecule has 0 radical (unpaired) electrons. The maximum Gasteiger partial charge on any atom is 0.416 e. The number of alkyl halides is 3. The number of nitrogens with one attached hydrogen (secondary N) is 1. The number of aromatic carboxylic acids is 1. The molecule has 1 N–H and O–H groups in total. The van der Waals surface area contributed by atoms with Gasteiger partial charge in [-0.3, -0.25) is 0 Å².